The van der Waals surface area contributed by atoms with Crippen molar-refractivity contribution in [2.45, 2.75) is 32.4 Å². The minimum absolute atomic E-state index is 0.0820. The van der Waals surface area contributed by atoms with Crippen molar-refractivity contribution in [3.63, 3.8) is 0 Å². The summed E-state index contributed by atoms with van der Waals surface area (Å²) in [6.07, 6.45) is 5.25. The average molecular weight is 402 g/mol. The van der Waals surface area contributed by atoms with Crippen LogP contribution in [-0.4, -0.2) is 32.6 Å². The molecule has 2 aromatic carbocycles. The summed E-state index contributed by atoms with van der Waals surface area (Å²) in [6, 6.07) is 18.1. The summed E-state index contributed by atoms with van der Waals surface area (Å²) in [5, 5.41) is 11.7. The molecule has 0 saturated carbocycles. The number of hydrogen-bond donors (Lipinski definition) is 2. The van der Waals surface area contributed by atoms with Gasteiger partial charge in [-0.2, -0.15) is 0 Å². The summed E-state index contributed by atoms with van der Waals surface area (Å²) in [4.78, 5) is 18.6. The first-order valence-corrected chi connectivity index (χ1v) is 10.8. The van der Waals surface area contributed by atoms with Crippen molar-refractivity contribution in [3.8, 4) is 5.88 Å². The third kappa shape index (κ3) is 3.61. The summed E-state index contributed by atoms with van der Waals surface area (Å²) in [7, 11) is 0. The lowest BCUT2D eigenvalue weighted by Crippen LogP contribution is -2.33. The average Bonchev–Trinajstić information content (AvgIpc) is 3.09. The molecule has 0 atom stereocenters. The van der Waals surface area contributed by atoms with Gasteiger partial charge in [0, 0.05) is 30.2 Å². The van der Waals surface area contributed by atoms with E-state index in [1.54, 1.807) is 6.07 Å². The van der Waals surface area contributed by atoms with Crippen LogP contribution >= 0.6 is 0 Å². The van der Waals surface area contributed by atoms with Crippen molar-refractivity contribution in [3.05, 3.63) is 76.6 Å². The van der Waals surface area contributed by atoms with Crippen molar-refractivity contribution >= 4 is 21.8 Å². The summed E-state index contributed by atoms with van der Waals surface area (Å²) in [5.41, 5.74) is 2.77. The zero-order chi connectivity index (χ0) is 20.5. The number of fused-ring (bicyclic) bond motifs is 2. The van der Waals surface area contributed by atoms with E-state index >= 15 is 0 Å². The number of likely N-dealkylation sites (tertiary alicyclic amines) is 1. The molecule has 0 amide bonds. The molecule has 5 rings (SSSR count). The minimum Gasteiger partial charge on any atom is -0.494 e. The van der Waals surface area contributed by atoms with Crippen LogP contribution in [0.1, 0.15) is 24.8 Å². The number of pyridine rings is 1. The van der Waals surface area contributed by atoms with Crippen LogP contribution in [0.3, 0.4) is 0 Å². The third-order valence-electron chi connectivity index (χ3n) is 6.45. The van der Waals surface area contributed by atoms with Gasteiger partial charge in [-0.15, -0.1) is 0 Å². The number of aromatic amines is 1. The van der Waals surface area contributed by atoms with E-state index in [1.165, 1.54) is 18.4 Å². The Morgan fingerprint density at radius 2 is 1.70 bits per heavy atom. The molecule has 3 heterocycles. The van der Waals surface area contributed by atoms with E-state index in [4.69, 9.17) is 0 Å². The van der Waals surface area contributed by atoms with Gasteiger partial charge in [0.05, 0.1) is 5.52 Å². The molecule has 154 valence electrons. The molecule has 1 saturated heterocycles. The van der Waals surface area contributed by atoms with Crippen molar-refractivity contribution in [2.24, 2.45) is 5.92 Å². The van der Waals surface area contributed by atoms with Crippen molar-refractivity contribution in [1.82, 2.24) is 14.5 Å². The monoisotopic (exact) mass is 401 g/mol. The fourth-order valence-corrected chi connectivity index (χ4v) is 4.70. The third-order valence-corrected chi connectivity index (χ3v) is 6.45. The summed E-state index contributed by atoms with van der Waals surface area (Å²) >= 11 is 0. The highest BCUT2D eigenvalue weighted by atomic mass is 16.3. The summed E-state index contributed by atoms with van der Waals surface area (Å²) in [5.74, 6) is 0.732. The highest BCUT2D eigenvalue weighted by Gasteiger charge is 2.20. The fourth-order valence-electron chi connectivity index (χ4n) is 4.70. The quantitative estimate of drug-likeness (QED) is 0.518. The Morgan fingerprint density at radius 3 is 2.50 bits per heavy atom. The van der Waals surface area contributed by atoms with Gasteiger partial charge in [-0.05, 0) is 56.0 Å². The van der Waals surface area contributed by atoms with Crippen LogP contribution in [0.5, 0.6) is 5.88 Å². The molecule has 5 heteroatoms. The van der Waals surface area contributed by atoms with Gasteiger partial charge in [0.15, 0.2) is 0 Å². The number of aromatic hydroxyl groups is 1. The second-order valence-corrected chi connectivity index (χ2v) is 8.43. The zero-order valence-corrected chi connectivity index (χ0v) is 17.1. The SMILES string of the molecule is O=c1c2ccccc2[nH]c2cn(CCC3CCN(Cc4ccccc4)CC3)c(O)c12. The van der Waals surface area contributed by atoms with Crippen molar-refractivity contribution in [2.75, 3.05) is 13.1 Å². The van der Waals surface area contributed by atoms with Gasteiger partial charge in [0.25, 0.3) is 0 Å². The maximum absolute atomic E-state index is 12.8. The standard InChI is InChI=1S/C25H27N3O2/c29-24-20-8-4-5-9-21(20)26-22-17-28(25(30)23(22)24)15-12-18-10-13-27(14-11-18)16-19-6-2-1-3-7-19/h1-9,17-18,26,30H,10-16H2. The lowest BCUT2D eigenvalue weighted by atomic mass is 9.93. The largest absolute Gasteiger partial charge is 0.494 e. The molecule has 0 unspecified atom stereocenters. The van der Waals surface area contributed by atoms with Crippen molar-refractivity contribution < 1.29 is 5.11 Å². The zero-order valence-electron chi connectivity index (χ0n) is 17.1. The van der Waals surface area contributed by atoms with Crippen LogP contribution in [-0.2, 0) is 13.1 Å². The molecule has 0 spiro atoms. The molecule has 0 aliphatic carbocycles. The number of nitrogens with one attached hydrogen (secondary N) is 1. The molecule has 2 aromatic heterocycles. The molecule has 0 bridgehead atoms. The molecule has 30 heavy (non-hydrogen) atoms. The van der Waals surface area contributed by atoms with Gasteiger partial charge in [0.2, 0.25) is 11.3 Å². The van der Waals surface area contributed by atoms with Crippen LogP contribution < -0.4 is 5.43 Å². The van der Waals surface area contributed by atoms with E-state index in [0.29, 0.717) is 22.2 Å². The van der Waals surface area contributed by atoms with E-state index in [2.05, 4.69) is 40.2 Å². The lowest BCUT2D eigenvalue weighted by Gasteiger charge is -2.32. The van der Waals surface area contributed by atoms with Gasteiger partial charge in [-0.3, -0.25) is 9.69 Å². The number of para-hydroxylation sites is 1. The van der Waals surface area contributed by atoms with E-state index < -0.39 is 0 Å². The molecule has 5 nitrogen and oxygen atoms in total. The van der Waals surface area contributed by atoms with Crippen LogP contribution in [0, 0.1) is 5.92 Å². The van der Waals surface area contributed by atoms with Gasteiger partial charge < -0.3 is 14.7 Å². The lowest BCUT2D eigenvalue weighted by molar-refractivity contribution is 0.168. The Morgan fingerprint density at radius 1 is 0.967 bits per heavy atom. The Hall–Kier alpha value is -3.05. The van der Waals surface area contributed by atoms with E-state index in [-0.39, 0.29) is 11.3 Å². The van der Waals surface area contributed by atoms with Crippen LogP contribution in [0.2, 0.25) is 0 Å². The van der Waals surface area contributed by atoms with Gasteiger partial charge >= 0.3 is 0 Å². The molecule has 2 N–H and O–H groups in total. The Balaban J connectivity index is 1.25. The van der Waals surface area contributed by atoms with Gasteiger partial charge in [-0.1, -0.05) is 42.5 Å². The van der Waals surface area contributed by atoms with E-state index in [1.807, 2.05) is 29.0 Å². The molecular formula is C25H27N3O2. The molecule has 1 fully saturated rings. The minimum atomic E-state index is -0.107. The first-order chi connectivity index (χ1) is 14.7. The highest BCUT2D eigenvalue weighted by molar-refractivity contribution is 5.95. The number of nitrogens with zero attached hydrogens (tertiary/aromatic N) is 2. The number of aryl methyl sites for hydroxylation is 1. The maximum Gasteiger partial charge on any atom is 0.204 e. The topological polar surface area (TPSA) is 61.3 Å². The maximum atomic E-state index is 12.8. The normalized spacial score (nSPS) is 15.9. The van der Waals surface area contributed by atoms with Gasteiger partial charge in [-0.25, -0.2) is 0 Å². The predicted molar refractivity (Wildman–Crippen MR) is 121 cm³/mol. The number of H-pyrrole nitrogens is 1. The molecule has 4 aromatic rings. The first kappa shape index (κ1) is 18.9. The number of hydrogen-bond acceptors (Lipinski definition) is 3. The summed E-state index contributed by atoms with van der Waals surface area (Å²) in [6.45, 7) is 3.98. The van der Waals surface area contributed by atoms with Crippen LogP contribution in [0.25, 0.3) is 21.8 Å². The van der Waals surface area contributed by atoms with Crippen LogP contribution in [0.15, 0.2) is 65.6 Å². The second-order valence-electron chi connectivity index (χ2n) is 8.43. The van der Waals surface area contributed by atoms with Crippen molar-refractivity contribution in [1.29, 1.82) is 0 Å². The smallest absolute Gasteiger partial charge is 0.204 e. The predicted octanol–water partition coefficient (Wildman–Crippen LogP) is 4.49. The Labute approximate surface area is 175 Å². The molecule has 1 aliphatic heterocycles. The highest BCUT2D eigenvalue weighted by Crippen LogP contribution is 2.28. The summed E-state index contributed by atoms with van der Waals surface area (Å²) < 4.78 is 1.83. The Kier molecular flexibility index (Phi) is 5.05. The Bertz CT molecular complexity index is 1220. The molecule has 1 aliphatic rings. The van der Waals surface area contributed by atoms with Gasteiger partial charge in [0.1, 0.15) is 5.39 Å². The number of aromatic nitrogens is 2. The molecule has 0 radical (unpaired) electrons. The second kappa shape index (κ2) is 8.00. The number of benzene rings is 2. The number of piperidine rings is 1. The number of rotatable bonds is 5. The van der Waals surface area contributed by atoms with E-state index in [0.717, 1.165) is 38.1 Å². The first-order valence-electron chi connectivity index (χ1n) is 10.8. The van der Waals surface area contributed by atoms with Crippen LogP contribution in [0.4, 0.5) is 0 Å². The van der Waals surface area contributed by atoms with E-state index in [9.17, 15) is 9.90 Å². The molecular weight excluding hydrogens is 374 g/mol. The fraction of sp³-hybridized carbons (Fsp3) is 0.320.